The number of nitrogens with two attached hydrogens (primary N) is 1. The quantitative estimate of drug-likeness (QED) is 0.532. The first-order valence-corrected chi connectivity index (χ1v) is 6.46. The van der Waals surface area contributed by atoms with Gasteiger partial charge in [0.25, 0.3) is 0 Å². The molecule has 0 heterocycles. The fourth-order valence-corrected chi connectivity index (χ4v) is 1.78. The average molecular weight is 263 g/mol. The molecule has 19 heavy (non-hydrogen) atoms. The number of hydrogen-bond donors (Lipinski definition) is 2. The van der Waals surface area contributed by atoms with Crippen LogP contribution in [0.1, 0.15) is 32.1 Å². The summed E-state index contributed by atoms with van der Waals surface area (Å²) in [6.07, 6.45) is 2.33. The van der Waals surface area contributed by atoms with Gasteiger partial charge in [0.05, 0.1) is 30.9 Å². The Balaban J connectivity index is 4.45. The second kappa shape index (κ2) is 12.8. The molecule has 3 N–H and O–H groups in total. The summed E-state index contributed by atoms with van der Waals surface area (Å²) >= 11 is 0. The zero-order chi connectivity index (χ0) is 14.3. The molecule has 0 rings (SSSR count). The zero-order valence-electron chi connectivity index (χ0n) is 11.1. The summed E-state index contributed by atoms with van der Waals surface area (Å²) < 4.78 is 5.65. The summed E-state index contributed by atoms with van der Waals surface area (Å²) in [6, 6.07) is 6.25. The van der Waals surface area contributed by atoms with Crippen molar-refractivity contribution >= 4 is 0 Å². The molecule has 0 bridgehead atoms. The van der Waals surface area contributed by atoms with Crippen molar-refractivity contribution in [2.24, 2.45) is 5.73 Å². The third kappa shape index (κ3) is 8.99. The first-order chi connectivity index (χ1) is 9.29. The van der Waals surface area contributed by atoms with Crippen LogP contribution in [0.4, 0.5) is 0 Å². The summed E-state index contributed by atoms with van der Waals surface area (Å²) in [5, 5.41) is 29.1. The number of nitrogens with one attached hydrogen (secondary N) is 1. The smallest absolute Gasteiger partial charge is 0.0738 e. The van der Waals surface area contributed by atoms with E-state index < -0.39 is 0 Å². The zero-order valence-corrected chi connectivity index (χ0v) is 11.1. The number of ether oxygens (including phenoxy) is 1. The van der Waals surface area contributed by atoms with E-state index in [-0.39, 0.29) is 12.1 Å². The predicted molar refractivity (Wildman–Crippen MR) is 70.5 cm³/mol. The molecule has 0 aromatic heterocycles. The summed E-state index contributed by atoms with van der Waals surface area (Å²) in [5.41, 5.74) is 5.42. The first kappa shape index (κ1) is 17.4. The molecule has 6 nitrogen and oxygen atoms in total. The van der Waals surface area contributed by atoms with Crippen LogP contribution in [0.3, 0.4) is 0 Å². The summed E-state index contributed by atoms with van der Waals surface area (Å²) in [5.74, 6) is 0. The van der Waals surface area contributed by atoms with Gasteiger partial charge in [-0.1, -0.05) is 0 Å². The maximum absolute atomic E-state index is 8.68. The van der Waals surface area contributed by atoms with Crippen molar-refractivity contribution in [2.75, 3.05) is 19.7 Å². The van der Waals surface area contributed by atoms with Crippen LogP contribution in [0, 0.1) is 34.0 Å². The van der Waals surface area contributed by atoms with Gasteiger partial charge in [0.2, 0.25) is 0 Å². The lowest BCUT2D eigenvalue weighted by Crippen LogP contribution is -2.42. The van der Waals surface area contributed by atoms with Crippen LogP contribution < -0.4 is 11.1 Å². The minimum absolute atomic E-state index is 0.0205. The Kier molecular flexibility index (Phi) is 11.7. The van der Waals surface area contributed by atoms with E-state index in [0.29, 0.717) is 51.8 Å². The van der Waals surface area contributed by atoms with E-state index in [9.17, 15) is 0 Å². The van der Waals surface area contributed by atoms with Crippen LogP contribution in [0.25, 0.3) is 0 Å². The standard InChI is InChI=1S/C13H21N5O/c14-6-1-4-12(18-10-3-8-16)13(5-2-7-15)19-11-9-17/h12-13,18H,1-5,9-11,17H2. The van der Waals surface area contributed by atoms with Gasteiger partial charge in [0.1, 0.15) is 0 Å². The Bertz CT molecular complexity index is 338. The molecule has 0 saturated heterocycles. The van der Waals surface area contributed by atoms with Crippen LogP contribution in [0.2, 0.25) is 0 Å². The van der Waals surface area contributed by atoms with Crippen molar-refractivity contribution in [1.29, 1.82) is 15.8 Å². The lowest BCUT2D eigenvalue weighted by atomic mass is 10.0. The highest BCUT2D eigenvalue weighted by molar-refractivity contribution is 4.85. The van der Waals surface area contributed by atoms with Gasteiger partial charge < -0.3 is 15.8 Å². The average Bonchev–Trinajstić information content (AvgIpc) is 2.43. The van der Waals surface area contributed by atoms with Crippen LogP contribution in [-0.4, -0.2) is 31.8 Å². The third-order valence-corrected chi connectivity index (χ3v) is 2.65. The highest BCUT2D eigenvalue weighted by Gasteiger charge is 2.21. The van der Waals surface area contributed by atoms with E-state index >= 15 is 0 Å². The Hall–Kier alpha value is -1.65. The van der Waals surface area contributed by atoms with Gasteiger partial charge in [-0.3, -0.25) is 0 Å². The molecular formula is C13H21N5O. The van der Waals surface area contributed by atoms with E-state index in [2.05, 4.69) is 23.5 Å². The van der Waals surface area contributed by atoms with E-state index in [0.717, 1.165) is 0 Å². The van der Waals surface area contributed by atoms with Crippen molar-refractivity contribution in [3.05, 3.63) is 0 Å². The molecule has 104 valence electrons. The highest BCUT2D eigenvalue weighted by Crippen LogP contribution is 2.12. The van der Waals surface area contributed by atoms with E-state index in [4.69, 9.17) is 26.3 Å². The number of hydrogen-bond acceptors (Lipinski definition) is 6. The molecule has 0 spiro atoms. The normalized spacial score (nSPS) is 12.9. The lowest BCUT2D eigenvalue weighted by Gasteiger charge is -2.27. The van der Waals surface area contributed by atoms with Gasteiger partial charge >= 0.3 is 0 Å². The molecule has 2 unspecified atom stereocenters. The number of rotatable bonds is 11. The minimum Gasteiger partial charge on any atom is -0.375 e. The molecule has 0 radical (unpaired) electrons. The SMILES string of the molecule is N#CCCNC(CCC#N)C(CCC#N)OCCN. The van der Waals surface area contributed by atoms with Crippen molar-refractivity contribution in [1.82, 2.24) is 5.32 Å². The first-order valence-electron chi connectivity index (χ1n) is 6.46. The van der Waals surface area contributed by atoms with Crippen LogP contribution in [0.5, 0.6) is 0 Å². The van der Waals surface area contributed by atoms with Crippen molar-refractivity contribution in [3.63, 3.8) is 0 Å². The highest BCUT2D eigenvalue weighted by atomic mass is 16.5. The monoisotopic (exact) mass is 263 g/mol. The molecule has 0 saturated carbocycles. The summed E-state index contributed by atoms with van der Waals surface area (Å²) in [7, 11) is 0. The number of nitrogens with zero attached hydrogens (tertiary/aromatic N) is 3. The van der Waals surface area contributed by atoms with Gasteiger partial charge in [-0.2, -0.15) is 15.8 Å². The van der Waals surface area contributed by atoms with Crippen molar-refractivity contribution in [3.8, 4) is 18.2 Å². The third-order valence-electron chi connectivity index (χ3n) is 2.65. The Morgan fingerprint density at radius 2 is 1.63 bits per heavy atom. The van der Waals surface area contributed by atoms with Gasteiger partial charge in [-0.25, -0.2) is 0 Å². The largest absolute Gasteiger partial charge is 0.375 e. The fourth-order valence-electron chi connectivity index (χ4n) is 1.78. The minimum atomic E-state index is -0.143. The molecule has 0 fully saturated rings. The second-order valence-electron chi connectivity index (χ2n) is 4.06. The maximum Gasteiger partial charge on any atom is 0.0738 e. The van der Waals surface area contributed by atoms with Crippen LogP contribution >= 0.6 is 0 Å². The fraction of sp³-hybridized carbons (Fsp3) is 0.769. The van der Waals surface area contributed by atoms with E-state index in [1.807, 2.05) is 0 Å². The molecule has 6 heteroatoms. The van der Waals surface area contributed by atoms with E-state index in [1.165, 1.54) is 0 Å². The molecule has 2 atom stereocenters. The molecule has 0 aromatic carbocycles. The predicted octanol–water partition coefficient (Wildman–Crippen LogP) is 0.810. The van der Waals surface area contributed by atoms with Gasteiger partial charge in [0, 0.05) is 38.4 Å². The second-order valence-corrected chi connectivity index (χ2v) is 4.06. The molecule has 0 aliphatic heterocycles. The molecular weight excluding hydrogens is 242 g/mol. The van der Waals surface area contributed by atoms with E-state index in [1.54, 1.807) is 0 Å². The van der Waals surface area contributed by atoms with Gasteiger partial charge in [0.15, 0.2) is 0 Å². The van der Waals surface area contributed by atoms with Gasteiger partial charge in [-0.05, 0) is 12.8 Å². The Morgan fingerprint density at radius 3 is 2.21 bits per heavy atom. The van der Waals surface area contributed by atoms with Crippen LogP contribution in [0.15, 0.2) is 0 Å². The summed E-state index contributed by atoms with van der Waals surface area (Å²) in [6.45, 7) is 1.41. The molecule has 0 aliphatic rings. The molecule has 0 aromatic rings. The lowest BCUT2D eigenvalue weighted by molar-refractivity contribution is 0.0245. The van der Waals surface area contributed by atoms with Crippen LogP contribution in [-0.2, 0) is 4.74 Å². The Morgan fingerprint density at radius 1 is 1.00 bits per heavy atom. The molecule has 0 amide bonds. The number of nitriles is 3. The Labute approximate surface area is 114 Å². The van der Waals surface area contributed by atoms with Crippen molar-refractivity contribution < 1.29 is 4.74 Å². The molecule has 0 aliphatic carbocycles. The topological polar surface area (TPSA) is 119 Å². The van der Waals surface area contributed by atoms with Crippen molar-refractivity contribution in [2.45, 2.75) is 44.2 Å². The van der Waals surface area contributed by atoms with Gasteiger partial charge in [-0.15, -0.1) is 0 Å². The summed E-state index contributed by atoms with van der Waals surface area (Å²) in [4.78, 5) is 0. The maximum atomic E-state index is 8.68.